The number of aryl methyl sites for hydroxylation is 1. The topological polar surface area (TPSA) is 106 Å². The van der Waals surface area contributed by atoms with E-state index in [1.54, 1.807) is 12.1 Å². The maximum atomic E-state index is 12.1. The minimum atomic E-state index is -4.76. The Kier molecular flexibility index (Phi) is 6.86. The quantitative estimate of drug-likeness (QED) is 0.366. The van der Waals surface area contributed by atoms with Crippen molar-refractivity contribution in [1.29, 1.82) is 0 Å². The first-order valence-corrected chi connectivity index (χ1v) is 9.52. The Morgan fingerprint density at radius 2 is 1.71 bits per heavy atom. The summed E-state index contributed by atoms with van der Waals surface area (Å²) in [5.41, 5.74) is 7.02. The van der Waals surface area contributed by atoms with Crippen molar-refractivity contribution in [1.82, 2.24) is 4.72 Å². The van der Waals surface area contributed by atoms with Crippen LogP contribution in [0.25, 0.3) is 0 Å². The van der Waals surface area contributed by atoms with Gasteiger partial charge in [-0.25, -0.2) is 13.1 Å². The van der Waals surface area contributed by atoms with Gasteiger partial charge in [-0.05, 0) is 43.3 Å². The molecule has 11 heteroatoms. The lowest BCUT2D eigenvalue weighted by molar-refractivity contribution is -0.274. The van der Waals surface area contributed by atoms with Crippen LogP contribution in [0.4, 0.5) is 18.9 Å². The van der Waals surface area contributed by atoms with Gasteiger partial charge in [0.25, 0.3) is 0 Å². The average molecular weight is 416 g/mol. The number of hydrogen-bond donors (Lipinski definition) is 3. The lowest BCUT2D eigenvalue weighted by Gasteiger charge is -2.10. The molecule has 0 saturated carbocycles. The van der Waals surface area contributed by atoms with Crippen LogP contribution in [0.3, 0.4) is 0 Å². The number of nitrogens with one attached hydrogen (secondary N) is 2. The van der Waals surface area contributed by atoms with Crippen LogP contribution in [0.15, 0.2) is 58.4 Å². The number of benzene rings is 2. The summed E-state index contributed by atoms with van der Waals surface area (Å²) in [4.78, 5) is 4.10. The van der Waals surface area contributed by atoms with Crippen LogP contribution in [0.5, 0.6) is 5.75 Å². The van der Waals surface area contributed by atoms with Gasteiger partial charge in [-0.2, -0.15) is 0 Å². The summed E-state index contributed by atoms with van der Waals surface area (Å²) in [6, 6.07) is 11.3. The molecule has 0 amide bonds. The number of alkyl halides is 3. The largest absolute Gasteiger partial charge is 0.573 e. The van der Waals surface area contributed by atoms with E-state index >= 15 is 0 Å². The minimum Gasteiger partial charge on any atom is -0.406 e. The van der Waals surface area contributed by atoms with Gasteiger partial charge in [0.2, 0.25) is 10.0 Å². The number of ether oxygens (including phenoxy) is 1. The number of anilines is 1. The van der Waals surface area contributed by atoms with E-state index in [1.807, 2.05) is 6.92 Å². The van der Waals surface area contributed by atoms with Crippen molar-refractivity contribution >= 4 is 21.7 Å². The molecule has 0 spiro atoms. The van der Waals surface area contributed by atoms with Gasteiger partial charge in [-0.15, -0.1) is 13.2 Å². The van der Waals surface area contributed by atoms with Gasteiger partial charge in [-0.1, -0.05) is 17.7 Å². The van der Waals surface area contributed by atoms with E-state index in [0.717, 1.165) is 17.7 Å². The minimum absolute atomic E-state index is 0.0148. The molecular formula is C17H19F3N4O3S. The summed E-state index contributed by atoms with van der Waals surface area (Å²) in [6.07, 6.45) is -4.76. The molecule has 0 aliphatic carbocycles. The van der Waals surface area contributed by atoms with Crippen molar-refractivity contribution in [3.8, 4) is 5.75 Å². The maximum absolute atomic E-state index is 12.1. The first-order valence-electron chi connectivity index (χ1n) is 8.04. The standard InChI is InChI=1S/C17H19F3N4O3S/c1-12-2-8-15(9-3-12)28(25,26)23-11-10-22-16(21)24-13-4-6-14(7-5-13)27-17(18,19)20/h2-9,23H,10-11H2,1H3,(H3,21,22,24). The molecular weight excluding hydrogens is 397 g/mol. The Morgan fingerprint density at radius 3 is 2.29 bits per heavy atom. The fourth-order valence-electron chi connectivity index (χ4n) is 2.08. The van der Waals surface area contributed by atoms with Crippen molar-refractivity contribution in [3.63, 3.8) is 0 Å². The summed E-state index contributed by atoms with van der Waals surface area (Å²) in [5, 5.41) is 2.68. The third-order valence-corrected chi connectivity index (χ3v) is 4.85. The number of aliphatic imine (C=N–C) groups is 1. The highest BCUT2D eigenvalue weighted by molar-refractivity contribution is 7.89. The lowest BCUT2D eigenvalue weighted by Crippen LogP contribution is -2.28. The smallest absolute Gasteiger partial charge is 0.406 e. The second-order valence-corrected chi connectivity index (χ2v) is 7.44. The molecule has 28 heavy (non-hydrogen) atoms. The Balaban J connectivity index is 1.83. The first-order chi connectivity index (χ1) is 13.0. The number of nitrogens with two attached hydrogens (primary N) is 1. The summed E-state index contributed by atoms with van der Waals surface area (Å²) in [6.45, 7) is 1.95. The highest BCUT2D eigenvalue weighted by Gasteiger charge is 2.30. The van der Waals surface area contributed by atoms with Crippen molar-refractivity contribution in [2.45, 2.75) is 18.2 Å². The van der Waals surface area contributed by atoms with Gasteiger partial charge in [-0.3, -0.25) is 4.99 Å². The SMILES string of the molecule is Cc1ccc(S(=O)(=O)NCCN=C(N)Nc2ccc(OC(F)(F)F)cc2)cc1. The molecule has 0 heterocycles. The van der Waals surface area contributed by atoms with Crippen LogP contribution in [-0.2, 0) is 10.0 Å². The van der Waals surface area contributed by atoms with Gasteiger partial charge in [0.1, 0.15) is 5.75 Å². The van der Waals surface area contributed by atoms with Gasteiger partial charge >= 0.3 is 6.36 Å². The number of nitrogens with zero attached hydrogens (tertiary/aromatic N) is 1. The maximum Gasteiger partial charge on any atom is 0.573 e. The van der Waals surface area contributed by atoms with E-state index in [2.05, 4.69) is 19.8 Å². The van der Waals surface area contributed by atoms with Gasteiger partial charge in [0.15, 0.2) is 5.96 Å². The predicted octanol–water partition coefficient (Wildman–Crippen LogP) is 2.60. The summed E-state index contributed by atoms with van der Waals surface area (Å²) < 4.78 is 66.7. The van der Waals surface area contributed by atoms with Gasteiger partial charge in [0, 0.05) is 12.2 Å². The number of halogens is 3. The van der Waals surface area contributed by atoms with Crippen LogP contribution < -0.4 is 20.5 Å². The zero-order valence-corrected chi connectivity index (χ0v) is 15.6. The van der Waals surface area contributed by atoms with E-state index in [1.165, 1.54) is 24.3 Å². The third kappa shape index (κ3) is 7.08. The molecule has 0 aromatic heterocycles. The Hall–Kier alpha value is -2.79. The molecule has 2 aromatic rings. The normalized spacial score (nSPS) is 12.6. The molecule has 0 saturated heterocycles. The Morgan fingerprint density at radius 1 is 1.11 bits per heavy atom. The molecule has 7 nitrogen and oxygen atoms in total. The third-order valence-electron chi connectivity index (χ3n) is 3.38. The van der Waals surface area contributed by atoms with Crippen LogP contribution in [0.1, 0.15) is 5.56 Å². The molecule has 0 aliphatic heterocycles. The molecule has 152 valence electrons. The summed E-state index contributed by atoms with van der Waals surface area (Å²) >= 11 is 0. The molecule has 2 rings (SSSR count). The Bertz CT molecular complexity index is 912. The highest BCUT2D eigenvalue weighted by Crippen LogP contribution is 2.23. The Labute approximate surface area is 160 Å². The molecule has 0 aliphatic rings. The van der Waals surface area contributed by atoms with Gasteiger partial charge < -0.3 is 15.8 Å². The van der Waals surface area contributed by atoms with Crippen LogP contribution in [0, 0.1) is 6.92 Å². The molecule has 0 fully saturated rings. The average Bonchev–Trinajstić information content (AvgIpc) is 2.60. The van der Waals surface area contributed by atoms with Crippen molar-refractivity contribution in [2.75, 3.05) is 18.4 Å². The molecule has 0 radical (unpaired) electrons. The fourth-order valence-corrected chi connectivity index (χ4v) is 3.11. The van der Waals surface area contributed by atoms with Crippen molar-refractivity contribution < 1.29 is 26.3 Å². The van der Waals surface area contributed by atoms with Crippen molar-refractivity contribution in [2.24, 2.45) is 10.7 Å². The zero-order valence-electron chi connectivity index (χ0n) is 14.8. The molecule has 4 N–H and O–H groups in total. The lowest BCUT2D eigenvalue weighted by atomic mass is 10.2. The fraction of sp³-hybridized carbons (Fsp3) is 0.235. The van der Waals surface area contributed by atoms with E-state index < -0.39 is 16.4 Å². The molecule has 0 bridgehead atoms. The summed E-state index contributed by atoms with van der Waals surface area (Å²) in [5.74, 6) is -0.377. The van der Waals surface area contributed by atoms with Crippen LogP contribution >= 0.6 is 0 Å². The first kappa shape index (κ1) is 21.5. The highest BCUT2D eigenvalue weighted by atomic mass is 32.2. The van der Waals surface area contributed by atoms with Crippen LogP contribution in [0.2, 0.25) is 0 Å². The second kappa shape index (κ2) is 8.93. The monoisotopic (exact) mass is 416 g/mol. The van der Waals surface area contributed by atoms with Crippen molar-refractivity contribution in [3.05, 3.63) is 54.1 Å². The second-order valence-electron chi connectivity index (χ2n) is 5.67. The molecule has 0 unspecified atom stereocenters. The zero-order chi connectivity index (χ0) is 20.8. The van der Waals surface area contributed by atoms with Crippen LogP contribution in [-0.4, -0.2) is 33.8 Å². The number of hydrogen-bond acceptors (Lipinski definition) is 4. The number of guanidine groups is 1. The molecule has 0 atom stereocenters. The number of sulfonamides is 1. The van der Waals surface area contributed by atoms with Gasteiger partial charge in [0.05, 0.1) is 11.4 Å². The molecule has 2 aromatic carbocycles. The van der Waals surface area contributed by atoms with E-state index in [4.69, 9.17) is 5.73 Å². The summed E-state index contributed by atoms with van der Waals surface area (Å²) in [7, 11) is -3.64. The van der Waals surface area contributed by atoms with E-state index in [9.17, 15) is 21.6 Å². The number of rotatable bonds is 7. The van der Waals surface area contributed by atoms with E-state index in [-0.39, 0.29) is 29.7 Å². The predicted molar refractivity (Wildman–Crippen MR) is 99.6 cm³/mol. The van der Waals surface area contributed by atoms with E-state index in [0.29, 0.717) is 5.69 Å².